The molecule has 0 saturated heterocycles. The number of ether oxygens (including phenoxy) is 2. The van der Waals surface area contributed by atoms with Crippen molar-refractivity contribution in [2.75, 3.05) is 0 Å². The van der Waals surface area contributed by atoms with Gasteiger partial charge in [0.05, 0.1) is 12.2 Å². The van der Waals surface area contributed by atoms with E-state index in [4.69, 9.17) is 5.11 Å². The summed E-state index contributed by atoms with van der Waals surface area (Å²) in [6.45, 7) is -0.486. The number of hydrogen-bond acceptors (Lipinski definition) is 3. The molecule has 1 N–H and O–H groups in total. The molecule has 1 aromatic rings. The van der Waals surface area contributed by atoms with Crippen LogP contribution in [-0.2, 0) is 17.5 Å². The van der Waals surface area contributed by atoms with Gasteiger partial charge in [-0.05, 0) is 17.7 Å². The molecule has 0 bridgehead atoms. The molecule has 0 spiro atoms. The van der Waals surface area contributed by atoms with Gasteiger partial charge in [0.1, 0.15) is 5.75 Å². The number of aliphatic hydroxyl groups is 1. The minimum Gasteiger partial charge on any atom is -0.409 e. The van der Waals surface area contributed by atoms with Gasteiger partial charge < -0.3 is 9.84 Å². The largest absolute Gasteiger partial charge is 0.540 e. The zero-order valence-electron chi connectivity index (χ0n) is 7.71. The highest BCUT2D eigenvalue weighted by atomic mass is 19.3. The molecule has 7 heteroatoms. The van der Waals surface area contributed by atoms with Crippen LogP contribution >= 0.6 is 0 Å². The summed E-state index contributed by atoms with van der Waals surface area (Å²) >= 11 is 0. The predicted molar refractivity (Wildman–Crippen MR) is 42.9 cm³/mol. The summed E-state index contributed by atoms with van der Waals surface area (Å²) in [4.78, 5) is 0. The van der Waals surface area contributed by atoms with Crippen LogP contribution in [0.3, 0.4) is 0 Å². The van der Waals surface area contributed by atoms with Crippen LogP contribution in [0.25, 0.3) is 0 Å². The highest BCUT2D eigenvalue weighted by Gasteiger charge is 2.54. The van der Waals surface area contributed by atoms with Gasteiger partial charge in [-0.2, -0.15) is 8.78 Å². The Bertz CT molecular complexity index is 419. The lowest BCUT2D eigenvalue weighted by Gasteiger charge is -2.30. The number of rotatable bonds is 1. The lowest BCUT2D eigenvalue weighted by Crippen LogP contribution is -2.41. The molecule has 1 aliphatic heterocycles. The van der Waals surface area contributed by atoms with E-state index in [1.807, 2.05) is 0 Å². The zero-order valence-corrected chi connectivity index (χ0v) is 7.71. The van der Waals surface area contributed by atoms with Crippen LogP contribution in [0.4, 0.5) is 17.6 Å². The summed E-state index contributed by atoms with van der Waals surface area (Å²) in [6, 6.07) is 2.99. The molecule has 3 nitrogen and oxygen atoms in total. The minimum atomic E-state index is -4.36. The Morgan fingerprint density at radius 1 is 1.19 bits per heavy atom. The maximum atomic E-state index is 13.1. The molecule has 0 atom stereocenters. The molecular formula is C9H6F4O3. The van der Waals surface area contributed by atoms with E-state index in [2.05, 4.69) is 9.47 Å². The highest BCUT2D eigenvalue weighted by molar-refractivity contribution is 5.40. The van der Waals surface area contributed by atoms with Gasteiger partial charge in [0.25, 0.3) is 0 Å². The van der Waals surface area contributed by atoms with Crippen LogP contribution in [0, 0.1) is 0 Å². The van der Waals surface area contributed by atoms with Crippen molar-refractivity contribution in [3.8, 4) is 5.75 Å². The third-order valence-corrected chi connectivity index (χ3v) is 2.02. The van der Waals surface area contributed by atoms with Gasteiger partial charge in [-0.15, -0.1) is 8.78 Å². The van der Waals surface area contributed by atoms with E-state index in [1.165, 1.54) is 6.07 Å². The maximum absolute atomic E-state index is 13.1. The average Bonchev–Trinajstić information content (AvgIpc) is 2.14. The quantitative estimate of drug-likeness (QED) is 0.762. The molecule has 0 fully saturated rings. The van der Waals surface area contributed by atoms with Crippen molar-refractivity contribution in [2.24, 2.45) is 0 Å². The summed E-state index contributed by atoms with van der Waals surface area (Å²) in [6.07, 6.45) is -8.51. The van der Waals surface area contributed by atoms with Crippen LogP contribution in [0.1, 0.15) is 11.1 Å². The molecule has 0 amide bonds. The van der Waals surface area contributed by atoms with Gasteiger partial charge in [0.2, 0.25) is 0 Å². The molecule has 16 heavy (non-hydrogen) atoms. The first-order valence-electron chi connectivity index (χ1n) is 4.23. The van der Waals surface area contributed by atoms with Crippen molar-refractivity contribution in [1.29, 1.82) is 0 Å². The number of hydrogen-bond donors (Lipinski definition) is 1. The number of aliphatic hydroxyl groups excluding tert-OH is 1. The van der Waals surface area contributed by atoms with Crippen LogP contribution in [0.5, 0.6) is 5.75 Å². The maximum Gasteiger partial charge on any atom is 0.540 e. The van der Waals surface area contributed by atoms with Gasteiger partial charge >= 0.3 is 12.4 Å². The second-order valence-corrected chi connectivity index (χ2v) is 3.17. The van der Waals surface area contributed by atoms with Gasteiger partial charge in [-0.1, -0.05) is 6.07 Å². The van der Waals surface area contributed by atoms with Crippen molar-refractivity contribution in [2.45, 2.75) is 19.0 Å². The third-order valence-electron chi connectivity index (χ3n) is 2.02. The van der Waals surface area contributed by atoms with Crippen molar-refractivity contribution in [3.63, 3.8) is 0 Å². The SMILES string of the molecule is OCc1ccc2c(c1)C(F)(F)OC(F)(F)O2. The molecule has 0 radical (unpaired) electrons. The van der Waals surface area contributed by atoms with E-state index < -0.39 is 30.3 Å². The first kappa shape index (κ1) is 11.2. The van der Waals surface area contributed by atoms with Crippen LogP contribution in [-0.4, -0.2) is 11.4 Å². The molecule has 1 heterocycles. The van der Waals surface area contributed by atoms with E-state index in [1.54, 1.807) is 0 Å². The van der Waals surface area contributed by atoms with Crippen LogP contribution < -0.4 is 4.74 Å². The fraction of sp³-hybridized carbons (Fsp3) is 0.333. The summed E-state index contributed by atoms with van der Waals surface area (Å²) in [5.41, 5.74) is -0.680. The third kappa shape index (κ3) is 1.83. The number of benzene rings is 1. The Morgan fingerprint density at radius 2 is 1.88 bits per heavy atom. The van der Waals surface area contributed by atoms with E-state index in [0.717, 1.165) is 12.1 Å². The van der Waals surface area contributed by atoms with E-state index in [-0.39, 0.29) is 5.56 Å². The summed E-state index contributed by atoms with van der Waals surface area (Å²) in [7, 11) is 0. The standard InChI is InChI=1S/C9H6F4O3/c10-8(11)6-3-5(4-14)1-2-7(6)15-9(12,13)16-8/h1-3,14H,4H2. The smallest absolute Gasteiger partial charge is 0.409 e. The number of alkyl halides is 4. The topological polar surface area (TPSA) is 38.7 Å². The molecule has 0 saturated carbocycles. The van der Waals surface area contributed by atoms with Crippen molar-refractivity contribution in [3.05, 3.63) is 29.3 Å². The Balaban J connectivity index is 2.51. The molecule has 0 unspecified atom stereocenters. The first-order valence-corrected chi connectivity index (χ1v) is 4.23. The normalized spacial score (nSPS) is 21.1. The number of fused-ring (bicyclic) bond motifs is 1. The van der Waals surface area contributed by atoms with E-state index in [9.17, 15) is 17.6 Å². The highest BCUT2D eigenvalue weighted by Crippen LogP contribution is 2.46. The van der Waals surface area contributed by atoms with Gasteiger partial charge in [-0.25, -0.2) is 4.74 Å². The second-order valence-electron chi connectivity index (χ2n) is 3.17. The van der Waals surface area contributed by atoms with Gasteiger partial charge in [0, 0.05) is 0 Å². The fourth-order valence-electron chi connectivity index (χ4n) is 1.34. The molecular weight excluding hydrogens is 232 g/mol. The Kier molecular flexibility index (Phi) is 2.32. The minimum absolute atomic E-state index is 0.149. The van der Waals surface area contributed by atoms with E-state index in [0.29, 0.717) is 0 Å². The summed E-state index contributed by atoms with van der Waals surface area (Å²) in [5.74, 6) is -0.668. The molecule has 88 valence electrons. The molecule has 1 aliphatic rings. The molecule has 0 aromatic heterocycles. The lowest BCUT2D eigenvalue weighted by atomic mass is 10.1. The fourth-order valence-corrected chi connectivity index (χ4v) is 1.34. The Labute approximate surface area is 87.2 Å². The lowest BCUT2D eigenvalue weighted by molar-refractivity contribution is -0.461. The second kappa shape index (κ2) is 3.33. The molecule has 2 rings (SSSR count). The average molecular weight is 238 g/mol. The molecule has 0 aliphatic carbocycles. The first-order chi connectivity index (χ1) is 7.34. The van der Waals surface area contributed by atoms with Gasteiger partial charge in [0.15, 0.2) is 0 Å². The monoisotopic (exact) mass is 238 g/mol. The van der Waals surface area contributed by atoms with Crippen LogP contribution in [0.15, 0.2) is 18.2 Å². The van der Waals surface area contributed by atoms with Crippen molar-refractivity contribution >= 4 is 0 Å². The van der Waals surface area contributed by atoms with Crippen molar-refractivity contribution < 1.29 is 32.1 Å². The Morgan fingerprint density at radius 3 is 2.50 bits per heavy atom. The van der Waals surface area contributed by atoms with Gasteiger partial charge in [-0.3, -0.25) is 0 Å². The summed E-state index contributed by atoms with van der Waals surface area (Å²) < 4.78 is 58.6. The summed E-state index contributed by atoms with van der Waals surface area (Å²) in [5, 5.41) is 8.74. The van der Waals surface area contributed by atoms with Crippen molar-refractivity contribution in [1.82, 2.24) is 0 Å². The Hall–Kier alpha value is -1.34. The van der Waals surface area contributed by atoms with Crippen LogP contribution in [0.2, 0.25) is 0 Å². The predicted octanol–water partition coefficient (Wildman–Crippen LogP) is 2.19. The zero-order chi connectivity index (χ0) is 12.0. The van der Waals surface area contributed by atoms with E-state index >= 15 is 0 Å². The molecule has 1 aromatic carbocycles. The number of halogens is 4.